The summed E-state index contributed by atoms with van der Waals surface area (Å²) >= 11 is 0. The normalized spacial score (nSPS) is 10.8. The zero-order valence-corrected chi connectivity index (χ0v) is 11.0. The van der Waals surface area contributed by atoms with Gasteiger partial charge in [-0.3, -0.25) is 4.98 Å². The quantitative estimate of drug-likeness (QED) is 0.568. The number of hydrogen-bond acceptors (Lipinski definition) is 2. The molecular weight excluding hydrogens is 226 g/mol. The number of rotatable bonds is 6. The van der Waals surface area contributed by atoms with Crippen LogP contribution in [-0.2, 0) is 24.8 Å². The van der Waals surface area contributed by atoms with Crippen molar-refractivity contribution in [3.8, 4) is 0 Å². The second kappa shape index (κ2) is 6.31. The van der Waals surface area contributed by atoms with Gasteiger partial charge in [0, 0.05) is 17.8 Å². The molecule has 2 aromatic heterocycles. The fourth-order valence-corrected chi connectivity index (χ4v) is 1.82. The van der Waals surface area contributed by atoms with E-state index in [1.807, 2.05) is 55.5 Å². The highest BCUT2D eigenvalue weighted by Gasteiger charge is 2.00. The van der Waals surface area contributed by atoms with E-state index < -0.39 is 0 Å². The highest BCUT2D eigenvalue weighted by molar-refractivity contribution is 5.09. The molecule has 18 heavy (non-hydrogen) atoms. The monoisotopic (exact) mass is 246 g/mol. The maximum atomic E-state index is 5.62. The summed E-state index contributed by atoms with van der Waals surface area (Å²) in [6, 6.07) is 6.09. The van der Waals surface area contributed by atoms with E-state index in [0.29, 0.717) is 0 Å². The number of ether oxygens (including phenoxy) is 1. The molecular formula is C14H20N3O+. The summed E-state index contributed by atoms with van der Waals surface area (Å²) < 4.78 is 9.76. The van der Waals surface area contributed by atoms with Gasteiger partial charge in [-0.2, -0.15) is 0 Å². The van der Waals surface area contributed by atoms with Crippen molar-refractivity contribution in [2.45, 2.75) is 19.9 Å². The molecule has 0 unspecified atom stereocenters. The van der Waals surface area contributed by atoms with Gasteiger partial charge in [0.2, 0.25) is 6.33 Å². The Labute approximate surface area is 108 Å². The summed E-state index contributed by atoms with van der Waals surface area (Å²) in [7, 11) is 2.01. The Kier molecular flexibility index (Phi) is 4.47. The van der Waals surface area contributed by atoms with Gasteiger partial charge in [0.25, 0.3) is 0 Å². The molecule has 0 saturated carbocycles. The molecule has 4 nitrogen and oxygen atoms in total. The van der Waals surface area contributed by atoms with Crippen LogP contribution < -0.4 is 4.57 Å². The van der Waals surface area contributed by atoms with E-state index in [0.717, 1.165) is 37.6 Å². The second-order valence-electron chi connectivity index (χ2n) is 4.45. The van der Waals surface area contributed by atoms with E-state index in [1.54, 1.807) is 0 Å². The minimum Gasteiger partial charge on any atom is -0.377 e. The van der Waals surface area contributed by atoms with Crippen LogP contribution in [0, 0.1) is 6.92 Å². The number of aromatic nitrogens is 3. The van der Waals surface area contributed by atoms with E-state index in [9.17, 15) is 0 Å². The Hall–Kier alpha value is -1.68. The Balaban J connectivity index is 1.64. The molecule has 4 heteroatoms. The molecule has 0 aromatic carbocycles. The predicted molar refractivity (Wildman–Crippen MR) is 69.1 cm³/mol. The third-order valence-corrected chi connectivity index (χ3v) is 2.77. The SMILES string of the molecule is Cc1cccc(CCOCCn2cc[n+](C)c2)n1. The lowest BCUT2D eigenvalue weighted by Crippen LogP contribution is -2.24. The first kappa shape index (κ1) is 12.8. The molecule has 0 N–H and O–H groups in total. The zero-order chi connectivity index (χ0) is 12.8. The van der Waals surface area contributed by atoms with E-state index in [1.165, 1.54) is 0 Å². The number of imidazole rings is 1. The van der Waals surface area contributed by atoms with Crippen molar-refractivity contribution in [3.05, 3.63) is 48.3 Å². The Morgan fingerprint density at radius 3 is 2.94 bits per heavy atom. The van der Waals surface area contributed by atoms with Crippen molar-refractivity contribution in [1.82, 2.24) is 9.55 Å². The lowest BCUT2D eigenvalue weighted by molar-refractivity contribution is -0.671. The molecule has 0 radical (unpaired) electrons. The average molecular weight is 246 g/mol. The second-order valence-corrected chi connectivity index (χ2v) is 4.45. The van der Waals surface area contributed by atoms with Crippen molar-refractivity contribution in [3.63, 3.8) is 0 Å². The predicted octanol–water partition coefficient (Wildman–Crippen LogP) is 1.28. The summed E-state index contributed by atoms with van der Waals surface area (Å²) in [5.74, 6) is 0. The number of pyridine rings is 1. The third kappa shape index (κ3) is 3.96. The first-order chi connectivity index (χ1) is 8.74. The Morgan fingerprint density at radius 1 is 1.33 bits per heavy atom. The number of hydrogen-bond donors (Lipinski definition) is 0. The minimum atomic E-state index is 0.726. The van der Waals surface area contributed by atoms with Crippen LogP contribution in [0.2, 0.25) is 0 Å². The van der Waals surface area contributed by atoms with Crippen LogP contribution in [0.5, 0.6) is 0 Å². The van der Waals surface area contributed by atoms with Crippen molar-refractivity contribution in [2.75, 3.05) is 13.2 Å². The maximum Gasteiger partial charge on any atom is 0.243 e. The smallest absolute Gasteiger partial charge is 0.243 e. The number of nitrogens with zero attached hydrogens (tertiary/aromatic N) is 3. The molecule has 0 spiro atoms. The summed E-state index contributed by atoms with van der Waals surface area (Å²) in [5, 5.41) is 0. The van der Waals surface area contributed by atoms with Gasteiger partial charge in [-0.15, -0.1) is 0 Å². The highest BCUT2D eigenvalue weighted by Crippen LogP contribution is 1.99. The van der Waals surface area contributed by atoms with Gasteiger partial charge in [0.1, 0.15) is 18.9 Å². The summed E-state index contributed by atoms with van der Waals surface area (Å²) in [6.07, 6.45) is 6.99. The van der Waals surface area contributed by atoms with E-state index in [2.05, 4.69) is 9.55 Å². The van der Waals surface area contributed by atoms with Gasteiger partial charge in [-0.25, -0.2) is 9.13 Å². The zero-order valence-electron chi connectivity index (χ0n) is 11.0. The summed E-state index contributed by atoms with van der Waals surface area (Å²) in [4.78, 5) is 4.44. The molecule has 2 aromatic rings. The topological polar surface area (TPSA) is 30.9 Å². The van der Waals surface area contributed by atoms with E-state index in [4.69, 9.17) is 4.74 Å². The molecule has 0 aliphatic carbocycles. The molecule has 0 atom stereocenters. The number of aryl methyl sites for hydroxylation is 2. The highest BCUT2D eigenvalue weighted by atomic mass is 16.5. The molecule has 0 amide bonds. The average Bonchev–Trinajstić information content (AvgIpc) is 2.75. The van der Waals surface area contributed by atoms with Crippen molar-refractivity contribution >= 4 is 0 Å². The van der Waals surface area contributed by atoms with Crippen LogP contribution in [0.25, 0.3) is 0 Å². The molecule has 0 fully saturated rings. The fraction of sp³-hybridized carbons (Fsp3) is 0.429. The van der Waals surface area contributed by atoms with Crippen LogP contribution >= 0.6 is 0 Å². The van der Waals surface area contributed by atoms with Crippen molar-refractivity contribution in [1.29, 1.82) is 0 Å². The first-order valence-corrected chi connectivity index (χ1v) is 6.25. The van der Waals surface area contributed by atoms with E-state index >= 15 is 0 Å². The molecule has 0 aliphatic rings. The molecule has 0 aliphatic heterocycles. The fourth-order valence-electron chi connectivity index (χ4n) is 1.82. The molecule has 0 saturated heterocycles. The van der Waals surface area contributed by atoms with Crippen molar-refractivity contribution in [2.24, 2.45) is 7.05 Å². The Bertz CT molecular complexity index is 493. The van der Waals surface area contributed by atoms with Crippen molar-refractivity contribution < 1.29 is 9.30 Å². The first-order valence-electron chi connectivity index (χ1n) is 6.25. The van der Waals surface area contributed by atoms with Crippen LogP contribution in [-0.4, -0.2) is 22.8 Å². The van der Waals surface area contributed by atoms with Gasteiger partial charge in [-0.05, 0) is 19.1 Å². The van der Waals surface area contributed by atoms with Gasteiger partial charge in [-0.1, -0.05) is 6.07 Å². The van der Waals surface area contributed by atoms with Gasteiger partial charge in [0.05, 0.1) is 20.3 Å². The molecule has 0 bridgehead atoms. The third-order valence-electron chi connectivity index (χ3n) is 2.77. The molecule has 2 rings (SSSR count). The molecule has 2 heterocycles. The molecule has 96 valence electrons. The summed E-state index contributed by atoms with van der Waals surface area (Å²) in [6.45, 7) is 4.36. The van der Waals surface area contributed by atoms with E-state index in [-0.39, 0.29) is 0 Å². The Morgan fingerprint density at radius 2 is 2.22 bits per heavy atom. The van der Waals surface area contributed by atoms with Gasteiger partial charge in [0.15, 0.2) is 0 Å². The lowest BCUT2D eigenvalue weighted by atomic mass is 10.2. The summed E-state index contributed by atoms with van der Waals surface area (Å²) in [5.41, 5.74) is 2.16. The standard InChI is InChI=1S/C14H20N3O/c1-13-4-3-5-14(15-13)6-10-18-11-9-17-8-7-16(2)12-17/h3-5,7-8,12H,6,9-11H2,1-2H3/q+1. The minimum absolute atomic E-state index is 0.726. The largest absolute Gasteiger partial charge is 0.377 e. The van der Waals surface area contributed by atoms with Gasteiger partial charge < -0.3 is 4.74 Å². The lowest BCUT2D eigenvalue weighted by Gasteiger charge is -2.03. The van der Waals surface area contributed by atoms with Crippen LogP contribution in [0.4, 0.5) is 0 Å². The van der Waals surface area contributed by atoms with Crippen LogP contribution in [0.15, 0.2) is 36.9 Å². The van der Waals surface area contributed by atoms with Gasteiger partial charge >= 0.3 is 0 Å². The maximum absolute atomic E-state index is 5.62. The van der Waals surface area contributed by atoms with Crippen LogP contribution in [0.3, 0.4) is 0 Å². The van der Waals surface area contributed by atoms with Crippen LogP contribution in [0.1, 0.15) is 11.4 Å².